The van der Waals surface area contributed by atoms with E-state index in [9.17, 15) is 18.3 Å². The number of fused-ring (bicyclic) bond motifs is 1. The van der Waals surface area contributed by atoms with Crippen LogP contribution in [-0.2, 0) is 10.0 Å². The van der Waals surface area contributed by atoms with E-state index >= 15 is 0 Å². The van der Waals surface area contributed by atoms with Gasteiger partial charge >= 0.3 is 0 Å². The average Bonchev–Trinajstić information content (AvgIpc) is 3.30. The predicted molar refractivity (Wildman–Crippen MR) is 109 cm³/mol. The van der Waals surface area contributed by atoms with E-state index in [0.717, 1.165) is 30.3 Å². The number of carbonyl (C=O) groups excluding carboxylic acids is 1. The molecule has 1 N–H and O–H groups in total. The van der Waals surface area contributed by atoms with Gasteiger partial charge in [0.15, 0.2) is 0 Å². The van der Waals surface area contributed by atoms with E-state index in [-0.39, 0.29) is 24.3 Å². The minimum Gasteiger partial charge on any atom is -0.396 e. The fourth-order valence-electron chi connectivity index (χ4n) is 4.54. The van der Waals surface area contributed by atoms with Crippen molar-refractivity contribution in [3.8, 4) is 0 Å². The second-order valence-electron chi connectivity index (χ2n) is 8.28. The van der Waals surface area contributed by atoms with Gasteiger partial charge in [0.25, 0.3) is 5.91 Å². The number of aliphatic hydroxyl groups is 1. The highest BCUT2D eigenvalue weighted by Gasteiger charge is 2.30. The average molecular weight is 421 g/mol. The number of aromatic nitrogens is 2. The van der Waals surface area contributed by atoms with Crippen LogP contribution >= 0.6 is 0 Å². The van der Waals surface area contributed by atoms with Crippen LogP contribution in [-0.4, -0.2) is 77.3 Å². The molecule has 2 aromatic rings. The normalized spacial score (nSPS) is 21.9. The molecule has 2 fully saturated rings. The molecule has 1 atom stereocenters. The van der Waals surface area contributed by atoms with Crippen LogP contribution in [0.25, 0.3) is 5.52 Å². The van der Waals surface area contributed by atoms with Crippen LogP contribution in [0.4, 0.5) is 0 Å². The van der Waals surface area contributed by atoms with Crippen LogP contribution in [0.5, 0.6) is 0 Å². The molecule has 0 saturated carbocycles. The standard InChI is InChI=1S/C20H28N4O4S/c1-14-19(20(26)22-7-3-15(12-22)13-25)18-11-17(6-10-24(18)21-14)16-4-8-23(9-5-16)29(2,27)28/h6,10-11,15-16,25H,3-5,7-9,12-13H2,1-2H3. The highest BCUT2D eigenvalue weighted by molar-refractivity contribution is 7.88. The molecule has 9 heteroatoms. The Labute approximate surface area is 171 Å². The third-order valence-electron chi connectivity index (χ3n) is 6.27. The Morgan fingerprint density at radius 2 is 1.97 bits per heavy atom. The minimum atomic E-state index is -3.15. The molecule has 0 spiro atoms. The molecule has 2 aromatic heterocycles. The van der Waals surface area contributed by atoms with Gasteiger partial charge in [0.05, 0.1) is 23.0 Å². The molecule has 2 saturated heterocycles. The van der Waals surface area contributed by atoms with Crippen molar-refractivity contribution in [3.63, 3.8) is 0 Å². The van der Waals surface area contributed by atoms with E-state index < -0.39 is 10.0 Å². The van der Waals surface area contributed by atoms with Gasteiger partial charge in [-0.3, -0.25) is 4.79 Å². The summed E-state index contributed by atoms with van der Waals surface area (Å²) in [5.74, 6) is 0.385. The number of hydrogen-bond donors (Lipinski definition) is 1. The summed E-state index contributed by atoms with van der Waals surface area (Å²) < 4.78 is 26.8. The molecular formula is C20H28N4O4S. The SMILES string of the molecule is Cc1nn2ccc(C3CCN(S(C)(=O)=O)CC3)cc2c1C(=O)N1CCC(CO)C1. The van der Waals surface area contributed by atoms with Gasteiger partial charge in [-0.15, -0.1) is 0 Å². The highest BCUT2D eigenvalue weighted by Crippen LogP contribution is 2.31. The van der Waals surface area contributed by atoms with E-state index in [1.165, 1.54) is 10.6 Å². The molecule has 0 radical (unpaired) electrons. The molecule has 1 unspecified atom stereocenters. The molecule has 4 rings (SSSR count). The van der Waals surface area contributed by atoms with Gasteiger partial charge in [0, 0.05) is 44.9 Å². The van der Waals surface area contributed by atoms with Gasteiger partial charge in [-0.05, 0) is 49.8 Å². The Hall–Kier alpha value is -1.97. The summed E-state index contributed by atoms with van der Waals surface area (Å²) in [6.07, 6.45) is 5.50. The number of nitrogens with zero attached hydrogens (tertiary/aromatic N) is 4. The Kier molecular flexibility index (Phi) is 5.39. The van der Waals surface area contributed by atoms with Crippen molar-refractivity contribution < 1.29 is 18.3 Å². The second-order valence-corrected chi connectivity index (χ2v) is 10.3. The maximum Gasteiger partial charge on any atom is 0.257 e. The van der Waals surface area contributed by atoms with Crippen LogP contribution in [0.3, 0.4) is 0 Å². The number of likely N-dealkylation sites (tertiary alicyclic amines) is 1. The van der Waals surface area contributed by atoms with Crippen LogP contribution in [0.2, 0.25) is 0 Å². The van der Waals surface area contributed by atoms with E-state index in [4.69, 9.17) is 0 Å². The number of carbonyl (C=O) groups is 1. The van der Waals surface area contributed by atoms with Crippen molar-refractivity contribution in [2.75, 3.05) is 39.0 Å². The maximum absolute atomic E-state index is 13.2. The van der Waals surface area contributed by atoms with Crippen LogP contribution < -0.4 is 0 Å². The first-order valence-electron chi connectivity index (χ1n) is 10.1. The maximum atomic E-state index is 13.2. The molecular weight excluding hydrogens is 392 g/mol. The Balaban J connectivity index is 1.60. The topological polar surface area (TPSA) is 95.2 Å². The van der Waals surface area contributed by atoms with Crippen molar-refractivity contribution in [2.24, 2.45) is 5.92 Å². The zero-order valence-electron chi connectivity index (χ0n) is 16.9. The first-order chi connectivity index (χ1) is 13.8. The molecule has 0 aromatic carbocycles. The molecule has 2 aliphatic heterocycles. The lowest BCUT2D eigenvalue weighted by molar-refractivity contribution is 0.0783. The molecule has 29 heavy (non-hydrogen) atoms. The van der Waals surface area contributed by atoms with Gasteiger partial charge in [0.1, 0.15) is 0 Å². The van der Waals surface area contributed by atoms with E-state index in [1.54, 1.807) is 4.52 Å². The summed E-state index contributed by atoms with van der Waals surface area (Å²) in [6, 6.07) is 4.06. The molecule has 4 heterocycles. The lowest BCUT2D eigenvalue weighted by Gasteiger charge is -2.30. The van der Waals surface area contributed by atoms with Gasteiger partial charge in [-0.1, -0.05) is 0 Å². The fourth-order valence-corrected chi connectivity index (χ4v) is 5.42. The third kappa shape index (κ3) is 3.91. The number of aliphatic hydroxyl groups excluding tert-OH is 1. The van der Waals surface area contributed by atoms with E-state index in [2.05, 4.69) is 5.10 Å². The lowest BCUT2D eigenvalue weighted by Crippen LogP contribution is -2.37. The third-order valence-corrected chi connectivity index (χ3v) is 7.58. The van der Waals surface area contributed by atoms with Gasteiger partial charge in [-0.2, -0.15) is 5.10 Å². The van der Waals surface area contributed by atoms with Gasteiger partial charge in [0.2, 0.25) is 10.0 Å². The first kappa shape index (κ1) is 20.3. The van der Waals surface area contributed by atoms with Gasteiger partial charge in [-0.25, -0.2) is 17.2 Å². The van der Waals surface area contributed by atoms with Crippen molar-refractivity contribution in [2.45, 2.75) is 32.1 Å². The molecule has 8 nitrogen and oxygen atoms in total. The zero-order valence-corrected chi connectivity index (χ0v) is 17.7. The van der Waals surface area contributed by atoms with Crippen LogP contribution in [0, 0.1) is 12.8 Å². The summed E-state index contributed by atoms with van der Waals surface area (Å²) in [5.41, 5.74) is 3.24. The smallest absolute Gasteiger partial charge is 0.257 e. The van der Waals surface area contributed by atoms with Gasteiger partial charge < -0.3 is 10.0 Å². The number of hydrogen-bond acceptors (Lipinski definition) is 5. The lowest BCUT2D eigenvalue weighted by atomic mass is 9.90. The number of aryl methyl sites for hydroxylation is 1. The first-order valence-corrected chi connectivity index (χ1v) is 12.0. The minimum absolute atomic E-state index is 0.0301. The van der Waals surface area contributed by atoms with E-state index in [0.29, 0.717) is 37.4 Å². The number of amides is 1. The summed E-state index contributed by atoms with van der Waals surface area (Å²) in [6.45, 7) is 4.24. The zero-order chi connectivity index (χ0) is 20.8. The molecule has 0 bridgehead atoms. The number of pyridine rings is 1. The largest absolute Gasteiger partial charge is 0.396 e. The number of sulfonamides is 1. The van der Waals surface area contributed by atoms with Crippen molar-refractivity contribution in [3.05, 3.63) is 35.2 Å². The summed E-state index contributed by atoms with van der Waals surface area (Å²) in [4.78, 5) is 15.0. The summed E-state index contributed by atoms with van der Waals surface area (Å²) in [5, 5.41) is 13.9. The van der Waals surface area contributed by atoms with Crippen molar-refractivity contribution in [1.29, 1.82) is 0 Å². The monoisotopic (exact) mass is 420 g/mol. The van der Waals surface area contributed by atoms with E-state index in [1.807, 2.05) is 30.2 Å². The highest BCUT2D eigenvalue weighted by atomic mass is 32.2. The van der Waals surface area contributed by atoms with Crippen molar-refractivity contribution in [1.82, 2.24) is 18.8 Å². The Morgan fingerprint density at radius 1 is 1.24 bits per heavy atom. The van der Waals surface area contributed by atoms with Crippen LogP contribution in [0.1, 0.15) is 46.8 Å². The summed E-state index contributed by atoms with van der Waals surface area (Å²) in [7, 11) is -3.15. The Morgan fingerprint density at radius 3 is 2.59 bits per heavy atom. The molecule has 1 amide bonds. The molecule has 0 aliphatic carbocycles. The van der Waals surface area contributed by atoms with Crippen LogP contribution in [0.15, 0.2) is 18.3 Å². The Bertz CT molecular complexity index is 1020. The quantitative estimate of drug-likeness (QED) is 0.803. The number of piperidine rings is 1. The van der Waals surface area contributed by atoms with Crippen molar-refractivity contribution >= 4 is 21.4 Å². The predicted octanol–water partition coefficient (Wildman–Crippen LogP) is 1.24. The fraction of sp³-hybridized carbons (Fsp3) is 0.600. The molecule has 2 aliphatic rings. The number of rotatable bonds is 4. The second kappa shape index (κ2) is 7.70. The summed E-state index contributed by atoms with van der Waals surface area (Å²) >= 11 is 0. The molecule has 158 valence electrons.